The highest BCUT2D eigenvalue weighted by atomic mass is 19.1. The molecule has 2 aromatic rings. The Morgan fingerprint density at radius 2 is 2.07 bits per heavy atom. The molecule has 3 nitrogen and oxygen atoms in total. The van der Waals surface area contributed by atoms with Gasteiger partial charge in [-0.2, -0.15) is 0 Å². The summed E-state index contributed by atoms with van der Waals surface area (Å²) in [5.41, 5.74) is 0.0157. The number of nitrogens with zero attached hydrogens (tertiary/aromatic N) is 1. The molecule has 1 aromatic carbocycles. The van der Waals surface area contributed by atoms with E-state index in [0.29, 0.717) is 5.39 Å². The lowest BCUT2D eigenvalue weighted by atomic mass is 10.1. The van der Waals surface area contributed by atoms with Crippen LogP contribution in [0.4, 0.5) is 4.39 Å². The molecule has 0 unspecified atom stereocenters. The predicted molar refractivity (Wildman–Crippen MR) is 48.7 cm³/mol. The molecule has 0 aliphatic heterocycles. The smallest absolute Gasteiger partial charge is 0.337 e. The van der Waals surface area contributed by atoms with Gasteiger partial charge in [-0.25, -0.2) is 9.18 Å². The SMILES string of the molecule is O=C(O)c1cncc2c(F)cccc12. The van der Waals surface area contributed by atoms with Crippen LogP contribution in [0.15, 0.2) is 30.6 Å². The number of pyridine rings is 1. The van der Waals surface area contributed by atoms with Crippen LogP contribution in [-0.4, -0.2) is 16.1 Å². The average molecular weight is 191 g/mol. The van der Waals surface area contributed by atoms with Crippen molar-refractivity contribution in [2.75, 3.05) is 0 Å². The van der Waals surface area contributed by atoms with Gasteiger partial charge in [-0.05, 0) is 6.07 Å². The molecule has 14 heavy (non-hydrogen) atoms. The van der Waals surface area contributed by atoms with Crippen molar-refractivity contribution in [1.82, 2.24) is 4.98 Å². The van der Waals surface area contributed by atoms with Crippen LogP contribution in [0.2, 0.25) is 0 Å². The standard InChI is InChI=1S/C10H6FNO2/c11-9-3-1-2-6-7(9)4-12-5-8(6)10(13)14/h1-5H,(H,13,14). The zero-order chi connectivity index (χ0) is 10.1. The Morgan fingerprint density at radius 1 is 1.29 bits per heavy atom. The van der Waals surface area contributed by atoms with Gasteiger partial charge in [0.15, 0.2) is 0 Å². The third-order valence-electron chi connectivity index (χ3n) is 1.98. The quantitative estimate of drug-likeness (QED) is 0.750. The van der Waals surface area contributed by atoms with E-state index in [1.807, 2.05) is 0 Å². The number of aromatic carboxylic acids is 1. The van der Waals surface area contributed by atoms with Gasteiger partial charge >= 0.3 is 5.97 Å². The molecule has 0 fully saturated rings. The molecule has 0 saturated heterocycles. The van der Waals surface area contributed by atoms with Crippen LogP contribution in [0, 0.1) is 5.82 Å². The van der Waals surface area contributed by atoms with Crippen molar-refractivity contribution in [2.24, 2.45) is 0 Å². The molecule has 0 radical (unpaired) electrons. The molecule has 0 aliphatic rings. The molecule has 1 N–H and O–H groups in total. The van der Waals surface area contributed by atoms with E-state index in [4.69, 9.17) is 5.11 Å². The minimum absolute atomic E-state index is 0.0157. The molecule has 0 amide bonds. The third kappa shape index (κ3) is 1.21. The Morgan fingerprint density at radius 3 is 2.79 bits per heavy atom. The number of hydrogen-bond donors (Lipinski definition) is 1. The number of hydrogen-bond acceptors (Lipinski definition) is 2. The zero-order valence-electron chi connectivity index (χ0n) is 7.07. The predicted octanol–water partition coefficient (Wildman–Crippen LogP) is 2.07. The van der Waals surface area contributed by atoms with Gasteiger partial charge in [-0.3, -0.25) is 4.98 Å². The fourth-order valence-corrected chi connectivity index (χ4v) is 1.33. The van der Waals surface area contributed by atoms with E-state index < -0.39 is 11.8 Å². The number of carboxylic acids is 1. The van der Waals surface area contributed by atoms with Crippen molar-refractivity contribution >= 4 is 16.7 Å². The molecule has 0 spiro atoms. The fourth-order valence-electron chi connectivity index (χ4n) is 1.33. The minimum Gasteiger partial charge on any atom is -0.478 e. The highest BCUT2D eigenvalue weighted by Gasteiger charge is 2.10. The lowest BCUT2D eigenvalue weighted by Crippen LogP contribution is -1.98. The summed E-state index contributed by atoms with van der Waals surface area (Å²) >= 11 is 0. The second-order valence-electron chi connectivity index (χ2n) is 2.83. The van der Waals surface area contributed by atoms with Gasteiger partial charge < -0.3 is 5.11 Å². The number of carbonyl (C=O) groups is 1. The summed E-state index contributed by atoms with van der Waals surface area (Å²) in [6, 6.07) is 4.31. The van der Waals surface area contributed by atoms with Crippen LogP contribution in [-0.2, 0) is 0 Å². The van der Waals surface area contributed by atoms with Gasteiger partial charge in [0.05, 0.1) is 5.56 Å². The van der Waals surface area contributed by atoms with Crippen LogP contribution in [0.1, 0.15) is 10.4 Å². The zero-order valence-corrected chi connectivity index (χ0v) is 7.07. The van der Waals surface area contributed by atoms with Crippen LogP contribution in [0.25, 0.3) is 10.8 Å². The summed E-state index contributed by atoms with van der Waals surface area (Å²) in [5, 5.41) is 9.41. The van der Waals surface area contributed by atoms with Crippen molar-refractivity contribution in [3.63, 3.8) is 0 Å². The van der Waals surface area contributed by atoms with Gasteiger partial charge in [0.1, 0.15) is 5.82 Å². The Bertz CT molecular complexity index is 510. The maximum atomic E-state index is 13.2. The molecule has 2 rings (SSSR count). The molecular formula is C10H6FNO2. The number of carboxylic acid groups (broad SMARTS) is 1. The largest absolute Gasteiger partial charge is 0.478 e. The number of fused-ring (bicyclic) bond motifs is 1. The number of rotatable bonds is 1. The van der Waals surface area contributed by atoms with Crippen molar-refractivity contribution in [3.8, 4) is 0 Å². The monoisotopic (exact) mass is 191 g/mol. The molecule has 0 bridgehead atoms. The summed E-state index contributed by atoms with van der Waals surface area (Å²) in [7, 11) is 0. The van der Waals surface area contributed by atoms with Crippen molar-refractivity contribution in [1.29, 1.82) is 0 Å². The third-order valence-corrected chi connectivity index (χ3v) is 1.98. The summed E-state index contributed by atoms with van der Waals surface area (Å²) < 4.78 is 13.2. The van der Waals surface area contributed by atoms with Gasteiger partial charge in [0, 0.05) is 23.2 Å². The van der Waals surface area contributed by atoms with Crippen LogP contribution < -0.4 is 0 Å². The number of halogens is 1. The van der Waals surface area contributed by atoms with E-state index in [9.17, 15) is 9.18 Å². The molecule has 0 aliphatic carbocycles. The lowest BCUT2D eigenvalue weighted by molar-refractivity contribution is 0.0698. The summed E-state index contributed by atoms with van der Waals surface area (Å²) in [6.07, 6.45) is 2.53. The maximum Gasteiger partial charge on any atom is 0.337 e. The topological polar surface area (TPSA) is 50.2 Å². The number of benzene rings is 1. The molecule has 70 valence electrons. The second-order valence-corrected chi connectivity index (χ2v) is 2.83. The highest BCUT2D eigenvalue weighted by Crippen LogP contribution is 2.19. The van der Waals surface area contributed by atoms with Crippen molar-refractivity contribution in [3.05, 3.63) is 42.0 Å². The normalized spacial score (nSPS) is 10.4. The van der Waals surface area contributed by atoms with Gasteiger partial charge in [0.25, 0.3) is 0 Å². The first-order valence-corrected chi connectivity index (χ1v) is 3.95. The van der Waals surface area contributed by atoms with Gasteiger partial charge in [-0.15, -0.1) is 0 Å². The summed E-state index contributed by atoms with van der Waals surface area (Å²) in [6.45, 7) is 0. The second kappa shape index (κ2) is 3.06. The van der Waals surface area contributed by atoms with Crippen LogP contribution in [0.5, 0.6) is 0 Å². The Kier molecular flexibility index (Phi) is 1.89. The first-order chi connectivity index (χ1) is 6.70. The summed E-state index contributed by atoms with van der Waals surface area (Å²) in [5.74, 6) is -1.56. The Balaban J connectivity index is 2.88. The molecular weight excluding hydrogens is 185 g/mol. The molecule has 0 atom stereocenters. The van der Waals surface area contributed by atoms with E-state index >= 15 is 0 Å². The molecule has 4 heteroatoms. The van der Waals surface area contributed by atoms with E-state index in [1.165, 1.54) is 24.5 Å². The Labute approximate surface area is 78.8 Å². The summed E-state index contributed by atoms with van der Waals surface area (Å²) in [4.78, 5) is 14.4. The fraction of sp³-hybridized carbons (Fsp3) is 0. The minimum atomic E-state index is -1.10. The van der Waals surface area contributed by atoms with E-state index in [2.05, 4.69) is 4.98 Å². The van der Waals surface area contributed by atoms with Gasteiger partial charge in [-0.1, -0.05) is 12.1 Å². The lowest BCUT2D eigenvalue weighted by Gasteiger charge is -2.01. The number of aromatic nitrogens is 1. The average Bonchev–Trinajstić information content (AvgIpc) is 2.17. The van der Waals surface area contributed by atoms with Crippen molar-refractivity contribution in [2.45, 2.75) is 0 Å². The van der Waals surface area contributed by atoms with Gasteiger partial charge in [0.2, 0.25) is 0 Å². The van der Waals surface area contributed by atoms with Crippen LogP contribution >= 0.6 is 0 Å². The van der Waals surface area contributed by atoms with E-state index in [-0.39, 0.29) is 10.9 Å². The maximum absolute atomic E-state index is 13.2. The van der Waals surface area contributed by atoms with E-state index in [0.717, 1.165) is 0 Å². The highest BCUT2D eigenvalue weighted by molar-refractivity contribution is 6.03. The molecule has 1 heterocycles. The van der Waals surface area contributed by atoms with E-state index in [1.54, 1.807) is 6.07 Å². The first kappa shape index (κ1) is 8.62. The van der Waals surface area contributed by atoms with Crippen molar-refractivity contribution < 1.29 is 14.3 Å². The molecule has 1 aromatic heterocycles. The first-order valence-electron chi connectivity index (χ1n) is 3.95. The Hall–Kier alpha value is -1.97. The molecule has 0 saturated carbocycles. The van der Waals surface area contributed by atoms with Crippen LogP contribution in [0.3, 0.4) is 0 Å².